The van der Waals surface area contributed by atoms with Crippen molar-refractivity contribution in [1.82, 2.24) is 0 Å². The second kappa shape index (κ2) is 9.27. The topological polar surface area (TPSA) is 101 Å². The van der Waals surface area contributed by atoms with E-state index >= 15 is 0 Å². The molecule has 0 radical (unpaired) electrons. The van der Waals surface area contributed by atoms with Crippen LogP contribution in [-0.4, -0.2) is 44.9 Å². The molecule has 0 saturated carbocycles. The van der Waals surface area contributed by atoms with Crippen molar-refractivity contribution >= 4 is 0 Å². The third kappa shape index (κ3) is 5.85. The zero-order valence-electron chi connectivity index (χ0n) is 14.1. The lowest BCUT2D eigenvalue weighted by Crippen LogP contribution is -2.18. The highest BCUT2D eigenvalue weighted by atomic mass is 16.3. The Morgan fingerprint density at radius 2 is 1.17 bits per heavy atom. The van der Waals surface area contributed by atoms with Gasteiger partial charge in [-0.3, -0.25) is 0 Å². The lowest BCUT2D eigenvalue weighted by molar-refractivity contribution is 0.0721. The van der Waals surface area contributed by atoms with Crippen molar-refractivity contribution in [3.05, 3.63) is 59.7 Å². The Bertz CT molecular complexity index is 543. The molecule has 0 heterocycles. The van der Waals surface area contributed by atoms with Gasteiger partial charge in [0.1, 0.15) is 11.5 Å². The van der Waals surface area contributed by atoms with Gasteiger partial charge in [0.15, 0.2) is 0 Å². The number of hydrogen-bond donors (Lipinski definition) is 5. The summed E-state index contributed by atoms with van der Waals surface area (Å²) in [6.45, 7) is 3.90. The van der Waals surface area contributed by atoms with E-state index in [0.717, 1.165) is 11.1 Å². The summed E-state index contributed by atoms with van der Waals surface area (Å²) in [4.78, 5) is 0. The fourth-order valence-electron chi connectivity index (χ4n) is 2.16. The average Bonchev–Trinajstić information content (AvgIpc) is 2.56. The molecule has 2 aromatic rings. The first-order chi connectivity index (χ1) is 11.3. The lowest BCUT2D eigenvalue weighted by atomic mass is 9.78. The largest absolute Gasteiger partial charge is 0.508 e. The van der Waals surface area contributed by atoms with Crippen molar-refractivity contribution in [2.75, 3.05) is 13.2 Å². The molecule has 2 aromatic carbocycles. The van der Waals surface area contributed by atoms with Crippen LogP contribution in [0.15, 0.2) is 48.5 Å². The summed E-state index contributed by atoms with van der Waals surface area (Å²) in [5.41, 5.74) is 2.10. The predicted octanol–water partition coefficient (Wildman–Crippen LogP) is 2.15. The molecule has 5 N–H and O–H groups in total. The minimum atomic E-state index is -0.745. The van der Waals surface area contributed by atoms with Crippen molar-refractivity contribution in [2.24, 2.45) is 0 Å². The Labute approximate surface area is 142 Å². The predicted molar refractivity (Wildman–Crippen MR) is 93.1 cm³/mol. The molecule has 0 amide bonds. The Hall–Kier alpha value is -2.08. The van der Waals surface area contributed by atoms with Crippen molar-refractivity contribution in [2.45, 2.75) is 31.8 Å². The summed E-state index contributed by atoms with van der Waals surface area (Å²) >= 11 is 0. The molecule has 0 aliphatic heterocycles. The number of aliphatic hydroxyl groups is 3. The summed E-state index contributed by atoms with van der Waals surface area (Å²) < 4.78 is 0. The number of aliphatic hydroxyl groups excluding tert-OH is 3. The zero-order chi connectivity index (χ0) is 18.2. The molecule has 0 fully saturated rings. The number of phenolic OH excluding ortho intramolecular Hbond substituents is 2. The van der Waals surface area contributed by atoms with Crippen molar-refractivity contribution < 1.29 is 25.5 Å². The molecule has 132 valence electrons. The fourth-order valence-corrected chi connectivity index (χ4v) is 2.16. The van der Waals surface area contributed by atoms with E-state index in [-0.39, 0.29) is 36.5 Å². The standard InChI is InChI=1S/C15H16O2.C4H10O3/c1-15(2,11-3-7-13(16)8-4-11)12-5-9-14(17)10-6-12;5-2-1-4(7)3-6/h3-10,16-17H,1-2H3;4-7H,1-3H2. The minimum Gasteiger partial charge on any atom is -0.508 e. The molecule has 5 heteroatoms. The van der Waals surface area contributed by atoms with Crippen LogP contribution in [0.4, 0.5) is 0 Å². The molecule has 1 atom stereocenters. The van der Waals surface area contributed by atoms with Crippen LogP contribution in [0.5, 0.6) is 11.5 Å². The summed E-state index contributed by atoms with van der Waals surface area (Å²) in [6, 6.07) is 14.4. The molecule has 0 aliphatic rings. The maximum absolute atomic E-state index is 9.30. The van der Waals surface area contributed by atoms with Crippen LogP contribution in [0.25, 0.3) is 0 Å². The van der Waals surface area contributed by atoms with E-state index in [1.165, 1.54) is 0 Å². The highest BCUT2D eigenvalue weighted by Crippen LogP contribution is 2.32. The lowest BCUT2D eigenvalue weighted by Gasteiger charge is -2.26. The van der Waals surface area contributed by atoms with E-state index in [1.54, 1.807) is 24.3 Å². The van der Waals surface area contributed by atoms with E-state index in [0.29, 0.717) is 0 Å². The number of phenols is 2. The molecule has 24 heavy (non-hydrogen) atoms. The molecule has 2 rings (SSSR count). The first kappa shape index (κ1) is 20.0. The van der Waals surface area contributed by atoms with Gasteiger partial charge in [-0.15, -0.1) is 0 Å². The Morgan fingerprint density at radius 3 is 1.42 bits per heavy atom. The third-order valence-corrected chi connectivity index (χ3v) is 3.85. The van der Waals surface area contributed by atoms with Gasteiger partial charge in [0.25, 0.3) is 0 Å². The Morgan fingerprint density at radius 1 is 0.792 bits per heavy atom. The number of aromatic hydroxyl groups is 2. The Balaban J connectivity index is 0.000000351. The maximum atomic E-state index is 9.30. The molecule has 0 aliphatic carbocycles. The highest BCUT2D eigenvalue weighted by Gasteiger charge is 2.22. The monoisotopic (exact) mass is 334 g/mol. The van der Waals surface area contributed by atoms with Crippen LogP contribution in [0.3, 0.4) is 0 Å². The van der Waals surface area contributed by atoms with Crippen molar-refractivity contribution in [1.29, 1.82) is 0 Å². The van der Waals surface area contributed by atoms with E-state index in [1.807, 2.05) is 24.3 Å². The molecule has 5 nitrogen and oxygen atoms in total. The van der Waals surface area contributed by atoms with Gasteiger partial charge < -0.3 is 25.5 Å². The Kier molecular flexibility index (Phi) is 7.71. The van der Waals surface area contributed by atoms with Gasteiger partial charge in [0, 0.05) is 12.0 Å². The van der Waals surface area contributed by atoms with Gasteiger partial charge in [-0.2, -0.15) is 0 Å². The second-order valence-corrected chi connectivity index (χ2v) is 6.07. The van der Waals surface area contributed by atoms with E-state index < -0.39 is 6.10 Å². The number of hydrogen-bond acceptors (Lipinski definition) is 5. The summed E-state index contributed by atoms with van der Waals surface area (Å²) in [5, 5.41) is 43.2. The molecule has 0 bridgehead atoms. The molecular formula is C19H26O5. The third-order valence-electron chi connectivity index (χ3n) is 3.85. The summed E-state index contributed by atoms with van der Waals surface area (Å²) in [5.74, 6) is 0.547. The highest BCUT2D eigenvalue weighted by molar-refractivity contribution is 5.41. The summed E-state index contributed by atoms with van der Waals surface area (Å²) in [7, 11) is 0. The van der Waals surface area contributed by atoms with Crippen molar-refractivity contribution in [3.8, 4) is 11.5 Å². The summed E-state index contributed by atoms with van der Waals surface area (Å²) in [6.07, 6.45) is -0.485. The van der Waals surface area contributed by atoms with Crippen LogP contribution in [0.1, 0.15) is 31.4 Å². The maximum Gasteiger partial charge on any atom is 0.115 e. The minimum absolute atomic E-state index is 0.0677. The van der Waals surface area contributed by atoms with Crippen LogP contribution in [0, 0.1) is 0 Å². The molecule has 0 spiro atoms. The molecule has 1 unspecified atom stereocenters. The molecule has 0 aromatic heterocycles. The molecular weight excluding hydrogens is 308 g/mol. The van der Waals surface area contributed by atoms with Crippen LogP contribution in [0.2, 0.25) is 0 Å². The average molecular weight is 334 g/mol. The van der Waals surface area contributed by atoms with Crippen LogP contribution >= 0.6 is 0 Å². The van der Waals surface area contributed by atoms with Gasteiger partial charge in [-0.05, 0) is 41.8 Å². The number of benzene rings is 2. The molecule has 0 saturated heterocycles. The zero-order valence-corrected chi connectivity index (χ0v) is 14.1. The fraction of sp³-hybridized carbons (Fsp3) is 0.368. The van der Waals surface area contributed by atoms with Gasteiger partial charge in [0.2, 0.25) is 0 Å². The first-order valence-electron chi connectivity index (χ1n) is 7.80. The van der Waals surface area contributed by atoms with E-state index in [4.69, 9.17) is 15.3 Å². The van der Waals surface area contributed by atoms with E-state index in [9.17, 15) is 10.2 Å². The van der Waals surface area contributed by atoms with Gasteiger partial charge in [-0.25, -0.2) is 0 Å². The van der Waals surface area contributed by atoms with Crippen LogP contribution < -0.4 is 0 Å². The SMILES string of the molecule is CC(C)(c1ccc(O)cc1)c1ccc(O)cc1.OCCC(O)CO. The number of rotatable bonds is 5. The van der Waals surface area contributed by atoms with Gasteiger partial charge in [0.05, 0.1) is 12.7 Å². The smallest absolute Gasteiger partial charge is 0.115 e. The quantitative estimate of drug-likeness (QED) is 0.577. The van der Waals surface area contributed by atoms with E-state index in [2.05, 4.69) is 13.8 Å². The normalized spacial score (nSPS) is 12.2. The first-order valence-corrected chi connectivity index (χ1v) is 7.80. The van der Waals surface area contributed by atoms with Gasteiger partial charge in [-0.1, -0.05) is 38.1 Å². The van der Waals surface area contributed by atoms with Crippen molar-refractivity contribution in [3.63, 3.8) is 0 Å². The second-order valence-electron chi connectivity index (χ2n) is 6.07. The van der Waals surface area contributed by atoms with Gasteiger partial charge >= 0.3 is 0 Å². The van der Waals surface area contributed by atoms with Crippen LogP contribution in [-0.2, 0) is 5.41 Å².